The third-order valence-corrected chi connectivity index (χ3v) is 6.38. The number of Topliss-reactive ketones (excluding diaryl/α,β-unsaturated/α-hetero) is 1. The molecule has 0 N–H and O–H groups in total. The van der Waals surface area contributed by atoms with Gasteiger partial charge < -0.3 is 9.64 Å². The van der Waals surface area contributed by atoms with Crippen molar-refractivity contribution in [3.8, 4) is 0 Å². The van der Waals surface area contributed by atoms with Gasteiger partial charge in [-0.25, -0.2) is 9.18 Å². The van der Waals surface area contributed by atoms with Crippen molar-refractivity contribution in [2.24, 2.45) is 5.41 Å². The number of ether oxygens (including phenoxy) is 1. The first-order valence-corrected chi connectivity index (χ1v) is 10.5. The summed E-state index contributed by atoms with van der Waals surface area (Å²) in [5.74, 6) is -1.12. The third-order valence-electron chi connectivity index (χ3n) is 6.38. The van der Waals surface area contributed by atoms with Gasteiger partial charge in [-0.1, -0.05) is 43.7 Å². The molecule has 2 aromatic carbocycles. The van der Waals surface area contributed by atoms with E-state index in [0.29, 0.717) is 24.0 Å². The number of benzene rings is 2. The average molecular weight is 417 g/mol. The van der Waals surface area contributed by atoms with Gasteiger partial charge in [0, 0.05) is 29.3 Å². The van der Waals surface area contributed by atoms with Crippen molar-refractivity contribution < 1.29 is 18.7 Å². The molecule has 1 unspecified atom stereocenters. The summed E-state index contributed by atoms with van der Waals surface area (Å²) >= 11 is 0. The molecule has 2 heterocycles. The first-order chi connectivity index (χ1) is 14.7. The molecule has 31 heavy (non-hydrogen) atoms. The smallest absolute Gasteiger partial charge is 0.337 e. The fourth-order valence-corrected chi connectivity index (χ4v) is 5.01. The van der Waals surface area contributed by atoms with Gasteiger partial charge in [-0.2, -0.15) is 0 Å². The Bertz CT molecular complexity index is 1160. The number of aryl methyl sites for hydroxylation is 1. The number of hydrogen-bond donors (Lipinski definition) is 0. The molecule has 0 fully saturated rings. The Labute approximate surface area is 181 Å². The van der Waals surface area contributed by atoms with Gasteiger partial charge in [0.2, 0.25) is 0 Å². The van der Waals surface area contributed by atoms with Gasteiger partial charge in [-0.15, -0.1) is 0 Å². The van der Waals surface area contributed by atoms with Crippen molar-refractivity contribution in [3.63, 3.8) is 0 Å². The zero-order valence-corrected chi connectivity index (χ0v) is 17.9. The standard InChI is InChI=1S/C26H24FNO3/c1-15-4-6-16(7-5-15)22-23-19(12-26(2,3)13-21(23)29)28(18-10-8-17(27)9-11-18)20-14-31-25(30)24(20)22/h4-11,22H,12-14H2,1-3H3. The Balaban J connectivity index is 1.78. The van der Waals surface area contributed by atoms with Gasteiger partial charge in [0.25, 0.3) is 0 Å². The van der Waals surface area contributed by atoms with Crippen molar-refractivity contribution in [2.45, 2.75) is 39.5 Å². The Kier molecular flexibility index (Phi) is 4.40. The molecule has 5 rings (SSSR count). The Morgan fingerprint density at radius 3 is 2.29 bits per heavy atom. The number of hydrogen-bond acceptors (Lipinski definition) is 4. The van der Waals surface area contributed by atoms with Crippen LogP contribution in [0.2, 0.25) is 0 Å². The van der Waals surface area contributed by atoms with Crippen LogP contribution in [0.15, 0.2) is 71.1 Å². The predicted molar refractivity (Wildman–Crippen MR) is 116 cm³/mol. The Morgan fingerprint density at radius 1 is 0.935 bits per heavy atom. The van der Waals surface area contributed by atoms with E-state index in [4.69, 9.17) is 4.74 Å². The molecule has 0 saturated carbocycles. The van der Waals surface area contributed by atoms with Crippen LogP contribution in [0.5, 0.6) is 0 Å². The second-order valence-corrected chi connectivity index (χ2v) is 9.39. The molecule has 0 amide bonds. The van der Waals surface area contributed by atoms with Crippen molar-refractivity contribution in [3.05, 3.63) is 88.0 Å². The fourth-order valence-electron chi connectivity index (χ4n) is 5.01. The number of cyclic esters (lactones) is 1. The molecule has 0 radical (unpaired) electrons. The highest BCUT2D eigenvalue weighted by Gasteiger charge is 2.48. The second-order valence-electron chi connectivity index (χ2n) is 9.39. The number of anilines is 1. The third kappa shape index (κ3) is 3.19. The molecule has 0 bridgehead atoms. The molecule has 0 saturated heterocycles. The van der Waals surface area contributed by atoms with Crippen molar-refractivity contribution in [1.82, 2.24) is 0 Å². The molecule has 1 atom stereocenters. The minimum absolute atomic E-state index is 0.0511. The van der Waals surface area contributed by atoms with Gasteiger partial charge in [0.1, 0.15) is 12.4 Å². The number of carbonyl (C=O) groups excluding carboxylic acids is 2. The molecule has 0 aromatic heterocycles. The van der Waals surface area contributed by atoms with Crippen LogP contribution in [0.25, 0.3) is 0 Å². The number of ketones is 1. The van der Waals surface area contributed by atoms with E-state index in [1.54, 1.807) is 12.1 Å². The predicted octanol–water partition coefficient (Wildman–Crippen LogP) is 5.19. The van der Waals surface area contributed by atoms with Crippen LogP contribution in [-0.4, -0.2) is 18.4 Å². The van der Waals surface area contributed by atoms with Crippen LogP contribution in [-0.2, 0) is 14.3 Å². The monoisotopic (exact) mass is 417 g/mol. The molecule has 2 aliphatic heterocycles. The summed E-state index contributed by atoms with van der Waals surface area (Å²) in [5.41, 5.74) is 5.34. The van der Waals surface area contributed by atoms with E-state index < -0.39 is 11.9 Å². The van der Waals surface area contributed by atoms with E-state index in [1.165, 1.54) is 12.1 Å². The Hall–Kier alpha value is -3.21. The average Bonchev–Trinajstić information content (AvgIpc) is 3.08. The van der Waals surface area contributed by atoms with Crippen molar-refractivity contribution >= 4 is 17.4 Å². The summed E-state index contributed by atoms with van der Waals surface area (Å²) in [7, 11) is 0. The number of nitrogens with zero attached hydrogens (tertiary/aromatic N) is 1. The van der Waals surface area contributed by atoms with Crippen LogP contribution < -0.4 is 4.90 Å². The SMILES string of the molecule is Cc1ccc(C2C3=C(CC(C)(C)CC3=O)N(c3ccc(F)cc3)C3=C2C(=O)OC3)cc1. The van der Waals surface area contributed by atoms with Gasteiger partial charge >= 0.3 is 5.97 Å². The zero-order chi connectivity index (χ0) is 21.9. The quantitative estimate of drug-likeness (QED) is 0.631. The summed E-state index contributed by atoms with van der Waals surface area (Å²) in [4.78, 5) is 28.4. The maximum Gasteiger partial charge on any atom is 0.337 e. The molecular formula is C26H24FNO3. The molecular weight excluding hydrogens is 393 g/mol. The first-order valence-electron chi connectivity index (χ1n) is 10.5. The summed E-state index contributed by atoms with van der Waals surface area (Å²) in [6.45, 7) is 6.31. The number of carbonyl (C=O) groups is 2. The van der Waals surface area contributed by atoms with E-state index in [9.17, 15) is 14.0 Å². The van der Waals surface area contributed by atoms with Crippen LogP contribution in [0.3, 0.4) is 0 Å². The number of rotatable bonds is 2. The summed E-state index contributed by atoms with van der Waals surface area (Å²) in [5, 5.41) is 0. The van der Waals surface area contributed by atoms with Gasteiger partial charge in [-0.05, 0) is 48.6 Å². The molecule has 4 nitrogen and oxygen atoms in total. The van der Waals surface area contributed by atoms with Crippen LogP contribution >= 0.6 is 0 Å². The number of allylic oxidation sites excluding steroid dienone is 2. The lowest BCUT2D eigenvalue weighted by Crippen LogP contribution is -2.40. The van der Waals surface area contributed by atoms with Gasteiger partial charge in [0.05, 0.1) is 11.3 Å². The minimum atomic E-state index is -0.444. The lowest BCUT2D eigenvalue weighted by Gasteiger charge is -2.43. The van der Waals surface area contributed by atoms with Crippen LogP contribution in [0.1, 0.15) is 43.7 Å². The van der Waals surface area contributed by atoms with E-state index in [0.717, 1.165) is 28.2 Å². The first kappa shape index (κ1) is 19.7. The highest BCUT2D eigenvalue weighted by atomic mass is 19.1. The lowest BCUT2D eigenvalue weighted by atomic mass is 9.68. The fraction of sp³-hybridized carbons (Fsp3) is 0.308. The summed E-state index contributed by atoms with van der Waals surface area (Å²) in [6.07, 6.45) is 1.10. The molecule has 2 aromatic rings. The normalized spacial score (nSPS) is 22.5. The summed E-state index contributed by atoms with van der Waals surface area (Å²) < 4.78 is 19.1. The molecule has 5 heteroatoms. The van der Waals surface area contributed by atoms with Gasteiger partial charge in [-0.3, -0.25) is 4.79 Å². The lowest BCUT2D eigenvalue weighted by molar-refractivity contribution is -0.136. The van der Waals surface area contributed by atoms with Crippen LogP contribution in [0, 0.1) is 18.2 Å². The molecule has 1 aliphatic carbocycles. The number of halogens is 1. The van der Waals surface area contributed by atoms with E-state index in [-0.39, 0.29) is 23.6 Å². The zero-order valence-electron chi connectivity index (χ0n) is 17.9. The minimum Gasteiger partial charge on any atom is -0.456 e. The summed E-state index contributed by atoms with van der Waals surface area (Å²) in [6, 6.07) is 14.1. The largest absolute Gasteiger partial charge is 0.456 e. The molecule has 3 aliphatic rings. The maximum atomic E-state index is 13.6. The van der Waals surface area contributed by atoms with Crippen molar-refractivity contribution in [2.75, 3.05) is 11.5 Å². The van der Waals surface area contributed by atoms with E-state index in [2.05, 4.69) is 13.8 Å². The highest BCUT2D eigenvalue weighted by molar-refractivity contribution is 6.06. The molecule has 158 valence electrons. The van der Waals surface area contributed by atoms with Crippen LogP contribution in [0.4, 0.5) is 10.1 Å². The topological polar surface area (TPSA) is 46.6 Å². The number of esters is 1. The highest BCUT2D eigenvalue weighted by Crippen LogP contribution is 2.52. The second kappa shape index (κ2) is 6.91. The Morgan fingerprint density at radius 2 is 1.61 bits per heavy atom. The van der Waals surface area contributed by atoms with Gasteiger partial charge in [0.15, 0.2) is 5.78 Å². The van der Waals surface area contributed by atoms with E-state index in [1.807, 2.05) is 36.1 Å². The maximum absolute atomic E-state index is 13.6. The van der Waals surface area contributed by atoms with Crippen molar-refractivity contribution in [1.29, 1.82) is 0 Å². The molecule has 0 spiro atoms. The van der Waals surface area contributed by atoms with E-state index >= 15 is 0 Å².